The fourth-order valence-electron chi connectivity index (χ4n) is 1.59. The summed E-state index contributed by atoms with van der Waals surface area (Å²) in [4.78, 5) is 34.8. The zero-order valence-corrected chi connectivity index (χ0v) is 11.3. The van der Waals surface area contributed by atoms with E-state index in [0.29, 0.717) is 6.54 Å². The first kappa shape index (κ1) is 15.4. The molecule has 108 valence electrons. The molecule has 8 nitrogen and oxygen atoms in total. The number of carbonyl (C=O) groups excluding carboxylic acids is 2. The van der Waals surface area contributed by atoms with Gasteiger partial charge in [0.1, 0.15) is 12.2 Å². The highest BCUT2D eigenvalue weighted by atomic mass is 16.6. The fourth-order valence-corrected chi connectivity index (χ4v) is 1.59. The number of carbonyl (C=O) groups is 2. The summed E-state index contributed by atoms with van der Waals surface area (Å²) < 4.78 is 0. The largest absolute Gasteiger partial charge is 0.341 e. The molecule has 0 aliphatic carbocycles. The Morgan fingerprint density at radius 2 is 2.00 bits per heavy atom. The Morgan fingerprint density at radius 3 is 2.55 bits per heavy atom. The number of rotatable bonds is 5. The Hall–Kier alpha value is -2.64. The van der Waals surface area contributed by atoms with Crippen LogP contribution in [0.3, 0.4) is 0 Å². The molecule has 8 heteroatoms. The molecule has 0 radical (unpaired) electrons. The molecule has 0 atom stereocenters. The van der Waals surface area contributed by atoms with Crippen molar-refractivity contribution < 1.29 is 14.5 Å². The number of hydrogen-bond acceptors (Lipinski definition) is 4. The van der Waals surface area contributed by atoms with E-state index in [1.807, 2.05) is 0 Å². The lowest BCUT2D eigenvalue weighted by Crippen LogP contribution is -2.42. The second-order valence-electron chi connectivity index (χ2n) is 3.89. The summed E-state index contributed by atoms with van der Waals surface area (Å²) in [5.41, 5.74) is -0.0840. The molecule has 1 aromatic carbocycles. The third-order valence-electron chi connectivity index (χ3n) is 2.59. The number of urea groups is 1. The number of amides is 3. The summed E-state index contributed by atoms with van der Waals surface area (Å²) in [6, 6.07) is 5.44. The first-order chi connectivity index (χ1) is 9.49. The van der Waals surface area contributed by atoms with E-state index in [0.717, 1.165) is 0 Å². The van der Waals surface area contributed by atoms with E-state index >= 15 is 0 Å². The molecule has 0 spiro atoms. The molecule has 0 aliphatic rings. The Morgan fingerprint density at radius 1 is 1.35 bits per heavy atom. The number of para-hydroxylation sites is 2. The topological polar surface area (TPSA) is 105 Å². The SMILES string of the molecule is CCN(CC(=O)Nc1ccccc1[N+](=O)[O-])C(=O)NC. The van der Waals surface area contributed by atoms with Gasteiger partial charge in [0.25, 0.3) is 5.69 Å². The molecule has 0 aliphatic heterocycles. The Kier molecular flexibility index (Phi) is 5.45. The molecule has 2 N–H and O–H groups in total. The zero-order chi connectivity index (χ0) is 15.1. The predicted octanol–water partition coefficient (Wildman–Crippen LogP) is 1.19. The number of nitro groups is 1. The van der Waals surface area contributed by atoms with Gasteiger partial charge in [0.05, 0.1) is 4.92 Å². The van der Waals surface area contributed by atoms with Gasteiger partial charge in [-0.2, -0.15) is 0 Å². The van der Waals surface area contributed by atoms with E-state index in [-0.39, 0.29) is 24.0 Å². The quantitative estimate of drug-likeness (QED) is 0.624. The van der Waals surface area contributed by atoms with Crippen LogP contribution < -0.4 is 10.6 Å². The van der Waals surface area contributed by atoms with Crippen LogP contribution in [0.4, 0.5) is 16.2 Å². The summed E-state index contributed by atoms with van der Waals surface area (Å²) in [6.07, 6.45) is 0. The molecule has 0 aromatic heterocycles. The average molecular weight is 280 g/mol. The van der Waals surface area contributed by atoms with Crippen molar-refractivity contribution >= 4 is 23.3 Å². The summed E-state index contributed by atoms with van der Waals surface area (Å²) in [6.45, 7) is 1.90. The van der Waals surface area contributed by atoms with E-state index in [1.54, 1.807) is 13.0 Å². The maximum absolute atomic E-state index is 11.8. The van der Waals surface area contributed by atoms with Crippen LogP contribution in [0, 0.1) is 10.1 Å². The third kappa shape index (κ3) is 3.94. The van der Waals surface area contributed by atoms with E-state index < -0.39 is 10.8 Å². The molecular weight excluding hydrogens is 264 g/mol. The van der Waals surface area contributed by atoms with E-state index in [9.17, 15) is 19.7 Å². The first-order valence-corrected chi connectivity index (χ1v) is 5.99. The van der Waals surface area contributed by atoms with Crippen molar-refractivity contribution in [3.8, 4) is 0 Å². The molecule has 1 rings (SSSR count). The number of benzene rings is 1. The molecule has 0 fully saturated rings. The number of nitrogens with one attached hydrogen (secondary N) is 2. The first-order valence-electron chi connectivity index (χ1n) is 5.99. The van der Waals surface area contributed by atoms with E-state index in [4.69, 9.17) is 0 Å². The summed E-state index contributed by atoms with van der Waals surface area (Å²) >= 11 is 0. The monoisotopic (exact) mass is 280 g/mol. The van der Waals surface area contributed by atoms with Crippen LogP contribution >= 0.6 is 0 Å². The van der Waals surface area contributed by atoms with Crippen molar-refractivity contribution in [1.29, 1.82) is 0 Å². The van der Waals surface area contributed by atoms with Crippen LogP contribution in [0.1, 0.15) is 6.92 Å². The molecule has 3 amide bonds. The Bertz CT molecular complexity index is 518. The van der Waals surface area contributed by atoms with Crippen LogP contribution in [-0.4, -0.2) is 41.9 Å². The highest BCUT2D eigenvalue weighted by molar-refractivity contribution is 5.96. The second kappa shape index (κ2) is 7.07. The number of nitro benzene ring substituents is 1. The highest BCUT2D eigenvalue weighted by Gasteiger charge is 2.18. The minimum absolute atomic E-state index is 0.107. The fraction of sp³-hybridized carbons (Fsp3) is 0.333. The molecule has 1 aromatic rings. The highest BCUT2D eigenvalue weighted by Crippen LogP contribution is 2.22. The van der Waals surface area contributed by atoms with Crippen molar-refractivity contribution in [2.24, 2.45) is 0 Å². The normalized spacial score (nSPS) is 9.70. The summed E-state index contributed by atoms with van der Waals surface area (Å²) in [7, 11) is 1.46. The van der Waals surface area contributed by atoms with Gasteiger partial charge >= 0.3 is 6.03 Å². The van der Waals surface area contributed by atoms with Crippen LogP contribution in [0.2, 0.25) is 0 Å². The van der Waals surface area contributed by atoms with E-state index in [2.05, 4.69) is 10.6 Å². The standard InChI is InChI=1S/C12H16N4O4/c1-3-15(12(18)13-2)8-11(17)14-9-6-4-5-7-10(9)16(19)20/h4-7H,3,8H2,1-2H3,(H,13,18)(H,14,17). The van der Waals surface area contributed by atoms with E-state index in [1.165, 1.54) is 30.1 Å². The lowest BCUT2D eigenvalue weighted by molar-refractivity contribution is -0.383. The zero-order valence-electron chi connectivity index (χ0n) is 11.3. The number of hydrogen-bond donors (Lipinski definition) is 2. The smallest absolute Gasteiger partial charge is 0.317 e. The maximum atomic E-state index is 11.8. The third-order valence-corrected chi connectivity index (χ3v) is 2.59. The molecular formula is C12H16N4O4. The van der Waals surface area contributed by atoms with Crippen LogP contribution in [0.15, 0.2) is 24.3 Å². The Labute approximate surface area is 115 Å². The van der Waals surface area contributed by atoms with Gasteiger partial charge in [0.15, 0.2) is 0 Å². The number of likely N-dealkylation sites (N-methyl/N-ethyl adjacent to an activating group) is 1. The second-order valence-corrected chi connectivity index (χ2v) is 3.89. The lowest BCUT2D eigenvalue weighted by atomic mass is 10.2. The van der Waals surface area contributed by atoms with Crippen LogP contribution in [0.5, 0.6) is 0 Å². The van der Waals surface area contributed by atoms with Crippen LogP contribution in [0.25, 0.3) is 0 Å². The lowest BCUT2D eigenvalue weighted by Gasteiger charge is -2.19. The van der Waals surface area contributed by atoms with Crippen molar-refractivity contribution in [2.75, 3.05) is 25.5 Å². The summed E-state index contributed by atoms with van der Waals surface area (Å²) in [5, 5.41) is 15.7. The van der Waals surface area contributed by atoms with Gasteiger partial charge in [0.2, 0.25) is 5.91 Å². The van der Waals surface area contributed by atoms with Crippen molar-refractivity contribution in [2.45, 2.75) is 6.92 Å². The van der Waals surface area contributed by atoms with Gasteiger partial charge in [0, 0.05) is 19.7 Å². The number of nitrogens with zero attached hydrogens (tertiary/aromatic N) is 2. The molecule has 0 saturated heterocycles. The van der Waals surface area contributed by atoms with Gasteiger partial charge in [-0.05, 0) is 13.0 Å². The van der Waals surface area contributed by atoms with Gasteiger partial charge in [-0.1, -0.05) is 12.1 Å². The van der Waals surface area contributed by atoms with Gasteiger partial charge < -0.3 is 15.5 Å². The predicted molar refractivity (Wildman–Crippen MR) is 73.4 cm³/mol. The van der Waals surface area contributed by atoms with Crippen molar-refractivity contribution in [3.05, 3.63) is 34.4 Å². The van der Waals surface area contributed by atoms with Crippen LogP contribution in [-0.2, 0) is 4.79 Å². The molecule has 0 saturated carbocycles. The minimum Gasteiger partial charge on any atom is -0.341 e. The number of anilines is 1. The molecule has 0 unspecified atom stereocenters. The summed E-state index contributed by atoms with van der Waals surface area (Å²) in [5.74, 6) is -0.496. The van der Waals surface area contributed by atoms with Gasteiger partial charge in [-0.15, -0.1) is 0 Å². The maximum Gasteiger partial charge on any atom is 0.317 e. The van der Waals surface area contributed by atoms with Gasteiger partial charge in [-0.25, -0.2) is 4.79 Å². The molecule has 0 bridgehead atoms. The van der Waals surface area contributed by atoms with Gasteiger partial charge in [-0.3, -0.25) is 14.9 Å². The van der Waals surface area contributed by atoms with Crippen molar-refractivity contribution in [3.63, 3.8) is 0 Å². The molecule has 0 heterocycles. The van der Waals surface area contributed by atoms with Crippen molar-refractivity contribution in [1.82, 2.24) is 10.2 Å². The Balaban J connectivity index is 2.76. The average Bonchev–Trinajstić information content (AvgIpc) is 2.44. The minimum atomic E-state index is -0.577. The molecule has 20 heavy (non-hydrogen) atoms.